The molecular formula is C19H23F. The Hall–Kier alpha value is -1.63. The highest BCUT2D eigenvalue weighted by Gasteiger charge is 2.13. The maximum absolute atomic E-state index is 12.9. The van der Waals surface area contributed by atoms with Crippen molar-refractivity contribution < 1.29 is 4.39 Å². The van der Waals surface area contributed by atoms with E-state index >= 15 is 0 Å². The highest BCUT2D eigenvalue weighted by atomic mass is 19.1. The van der Waals surface area contributed by atoms with Crippen molar-refractivity contribution in [3.05, 3.63) is 71.0 Å². The summed E-state index contributed by atoms with van der Waals surface area (Å²) in [5.74, 6) is 0.228. The topological polar surface area (TPSA) is 0 Å². The van der Waals surface area contributed by atoms with E-state index in [4.69, 9.17) is 0 Å². The number of hydrogen-bond donors (Lipinski definition) is 0. The monoisotopic (exact) mass is 270 g/mol. The van der Waals surface area contributed by atoms with Gasteiger partial charge in [0.05, 0.1) is 0 Å². The highest BCUT2D eigenvalue weighted by Crippen LogP contribution is 2.25. The van der Waals surface area contributed by atoms with E-state index in [2.05, 4.69) is 52.0 Å². The zero-order valence-electron chi connectivity index (χ0n) is 12.8. The van der Waals surface area contributed by atoms with Crippen LogP contribution in [-0.2, 0) is 11.8 Å². The van der Waals surface area contributed by atoms with E-state index in [1.165, 1.54) is 28.8 Å². The van der Waals surface area contributed by atoms with E-state index in [0.717, 1.165) is 6.42 Å². The van der Waals surface area contributed by atoms with Gasteiger partial charge in [-0.05, 0) is 46.6 Å². The zero-order chi connectivity index (χ0) is 14.8. The summed E-state index contributed by atoms with van der Waals surface area (Å²) in [6.07, 6.45) is 0.982. The lowest BCUT2D eigenvalue weighted by Gasteiger charge is -2.19. The van der Waals surface area contributed by atoms with Crippen LogP contribution >= 0.6 is 0 Å². The van der Waals surface area contributed by atoms with Crippen molar-refractivity contribution in [3.63, 3.8) is 0 Å². The van der Waals surface area contributed by atoms with Gasteiger partial charge in [-0.15, -0.1) is 0 Å². The van der Waals surface area contributed by atoms with E-state index in [1.54, 1.807) is 0 Å². The van der Waals surface area contributed by atoms with Gasteiger partial charge >= 0.3 is 0 Å². The smallest absolute Gasteiger partial charge is 0.123 e. The van der Waals surface area contributed by atoms with Crippen LogP contribution in [0.25, 0.3) is 0 Å². The van der Waals surface area contributed by atoms with Gasteiger partial charge in [0.25, 0.3) is 0 Å². The normalized spacial score (nSPS) is 13.2. The number of halogens is 1. The van der Waals surface area contributed by atoms with E-state index in [-0.39, 0.29) is 11.2 Å². The van der Waals surface area contributed by atoms with Crippen molar-refractivity contribution >= 4 is 0 Å². The van der Waals surface area contributed by atoms with Crippen LogP contribution in [0.5, 0.6) is 0 Å². The largest absolute Gasteiger partial charge is 0.207 e. The van der Waals surface area contributed by atoms with Gasteiger partial charge < -0.3 is 0 Å². The molecule has 1 atom stereocenters. The third-order valence-corrected chi connectivity index (χ3v) is 3.80. The van der Waals surface area contributed by atoms with E-state index in [1.807, 2.05) is 12.1 Å². The first kappa shape index (κ1) is 14.8. The van der Waals surface area contributed by atoms with Gasteiger partial charge in [-0.3, -0.25) is 0 Å². The quantitative estimate of drug-likeness (QED) is 0.693. The number of hydrogen-bond acceptors (Lipinski definition) is 0. The Balaban J connectivity index is 2.08. The fourth-order valence-corrected chi connectivity index (χ4v) is 2.40. The Kier molecular flexibility index (Phi) is 4.27. The molecule has 0 bridgehead atoms. The van der Waals surface area contributed by atoms with Crippen LogP contribution in [0.3, 0.4) is 0 Å². The van der Waals surface area contributed by atoms with Crippen LogP contribution in [0.2, 0.25) is 0 Å². The molecule has 2 rings (SSSR count). The summed E-state index contributed by atoms with van der Waals surface area (Å²) in [5.41, 5.74) is 4.07. The van der Waals surface area contributed by atoms with Crippen molar-refractivity contribution in [2.24, 2.45) is 0 Å². The van der Waals surface area contributed by atoms with Crippen LogP contribution in [-0.4, -0.2) is 0 Å². The third-order valence-electron chi connectivity index (χ3n) is 3.80. The lowest BCUT2D eigenvalue weighted by molar-refractivity contribution is 0.589. The molecule has 2 aromatic rings. The molecule has 0 aliphatic carbocycles. The second kappa shape index (κ2) is 5.78. The Labute approximate surface area is 121 Å². The fourth-order valence-electron chi connectivity index (χ4n) is 2.40. The lowest BCUT2D eigenvalue weighted by atomic mass is 9.85. The second-order valence-electron chi connectivity index (χ2n) is 6.60. The summed E-state index contributed by atoms with van der Waals surface area (Å²) in [6.45, 7) is 8.86. The van der Waals surface area contributed by atoms with Crippen molar-refractivity contribution in [1.29, 1.82) is 0 Å². The molecule has 2 aromatic carbocycles. The van der Waals surface area contributed by atoms with Crippen LogP contribution < -0.4 is 0 Å². The van der Waals surface area contributed by atoms with Crippen molar-refractivity contribution in [3.8, 4) is 0 Å². The van der Waals surface area contributed by atoms with Gasteiger partial charge in [-0.2, -0.15) is 0 Å². The molecule has 0 aromatic heterocycles. The lowest BCUT2D eigenvalue weighted by Crippen LogP contribution is -2.10. The molecular weight excluding hydrogens is 247 g/mol. The van der Waals surface area contributed by atoms with Crippen LogP contribution in [0, 0.1) is 5.82 Å². The van der Waals surface area contributed by atoms with Gasteiger partial charge in [-0.25, -0.2) is 4.39 Å². The molecule has 0 heterocycles. The Bertz CT molecular complexity index is 544. The Morgan fingerprint density at radius 3 is 1.95 bits per heavy atom. The first-order valence-electron chi connectivity index (χ1n) is 7.21. The van der Waals surface area contributed by atoms with Gasteiger partial charge in [0, 0.05) is 0 Å². The van der Waals surface area contributed by atoms with Crippen molar-refractivity contribution in [2.45, 2.75) is 45.4 Å². The van der Waals surface area contributed by atoms with E-state index in [9.17, 15) is 4.39 Å². The predicted octanol–water partition coefficient (Wildman–Crippen LogP) is 5.47. The summed E-state index contributed by atoms with van der Waals surface area (Å²) >= 11 is 0. The summed E-state index contributed by atoms with van der Waals surface area (Å²) in [6, 6.07) is 15.7. The zero-order valence-corrected chi connectivity index (χ0v) is 12.8. The number of benzene rings is 2. The van der Waals surface area contributed by atoms with E-state index < -0.39 is 0 Å². The molecule has 106 valence electrons. The van der Waals surface area contributed by atoms with Gasteiger partial charge in [0.2, 0.25) is 0 Å². The molecule has 0 radical (unpaired) electrons. The first-order valence-corrected chi connectivity index (χ1v) is 7.21. The first-order chi connectivity index (χ1) is 9.36. The van der Waals surface area contributed by atoms with Crippen LogP contribution in [0.4, 0.5) is 4.39 Å². The Morgan fingerprint density at radius 1 is 0.900 bits per heavy atom. The molecule has 1 unspecified atom stereocenters. The molecule has 20 heavy (non-hydrogen) atoms. The maximum atomic E-state index is 12.9. The molecule has 0 nitrogen and oxygen atoms in total. The molecule has 1 heteroatoms. The molecule has 0 fully saturated rings. The minimum absolute atomic E-state index is 0.171. The molecule has 0 saturated carbocycles. The minimum Gasteiger partial charge on any atom is -0.207 e. The van der Waals surface area contributed by atoms with Crippen molar-refractivity contribution in [1.82, 2.24) is 0 Å². The van der Waals surface area contributed by atoms with E-state index in [0.29, 0.717) is 5.92 Å². The van der Waals surface area contributed by atoms with Gasteiger partial charge in [-0.1, -0.05) is 64.1 Å². The summed E-state index contributed by atoms with van der Waals surface area (Å²) in [4.78, 5) is 0. The Morgan fingerprint density at radius 2 is 1.45 bits per heavy atom. The van der Waals surface area contributed by atoms with Gasteiger partial charge in [0.15, 0.2) is 0 Å². The van der Waals surface area contributed by atoms with Crippen LogP contribution in [0.15, 0.2) is 48.5 Å². The number of rotatable bonds is 3. The SMILES string of the molecule is CC(Cc1ccc(C(C)(C)C)cc1)c1ccc(F)cc1. The summed E-state index contributed by atoms with van der Waals surface area (Å²) in [7, 11) is 0. The summed E-state index contributed by atoms with van der Waals surface area (Å²) < 4.78 is 12.9. The highest BCUT2D eigenvalue weighted by molar-refractivity contribution is 5.29. The molecule has 0 N–H and O–H groups in total. The van der Waals surface area contributed by atoms with Crippen LogP contribution in [0.1, 0.15) is 50.3 Å². The average molecular weight is 270 g/mol. The summed E-state index contributed by atoms with van der Waals surface area (Å²) in [5, 5.41) is 0. The third kappa shape index (κ3) is 3.69. The average Bonchev–Trinajstić information content (AvgIpc) is 2.39. The molecule has 0 amide bonds. The molecule has 0 aliphatic rings. The fraction of sp³-hybridized carbons (Fsp3) is 0.368. The maximum Gasteiger partial charge on any atom is 0.123 e. The standard InChI is InChI=1S/C19H23F/c1-14(16-7-11-18(20)12-8-16)13-15-5-9-17(10-6-15)19(2,3)4/h5-12,14H,13H2,1-4H3. The second-order valence-corrected chi connectivity index (χ2v) is 6.60. The van der Waals surface area contributed by atoms with Crippen molar-refractivity contribution in [2.75, 3.05) is 0 Å². The minimum atomic E-state index is -0.171. The molecule has 0 saturated heterocycles. The molecule has 0 spiro atoms. The van der Waals surface area contributed by atoms with Gasteiger partial charge in [0.1, 0.15) is 5.82 Å². The molecule has 0 aliphatic heterocycles. The predicted molar refractivity (Wildman–Crippen MR) is 83.7 cm³/mol.